The number of nitrogens with zero attached hydrogens (tertiary/aromatic N) is 1. The van der Waals surface area contributed by atoms with Crippen molar-refractivity contribution >= 4 is 39.1 Å². The smallest absolute Gasteiger partial charge is 0.261 e. The first kappa shape index (κ1) is 19.3. The van der Waals surface area contributed by atoms with E-state index in [1.54, 1.807) is 18.2 Å². The Bertz CT molecular complexity index is 1290. The number of aromatic nitrogens is 1. The topological polar surface area (TPSA) is 134 Å². The molecule has 0 saturated carbocycles. The molecule has 2 aromatic carbocycles. The molecule has 0 radical (unpaired) electrons. The number of imide groups is 1. The Morgan fingerprint density at radius 3 is 2.37 bits per heavy atom. The molecule has 2 heterocycles. The Morgan fingerprint density at radius 2 is 1.60 bits per heavy atom. The minimum absolute atomic E-state index is 0.00615. The minimum atomic E-state index is -4.06. The zero-order valence-corrected chi connectivity index (χ0v) is 16.1. The van der Waals surface area contributed by atoms with Crippen LogP contribution >= 0.6 is 0 Å². The Balaban J connectivity index is 1.56. The maximum Gasteiger partial charge on any atom is 0.261 e. The summed E-state index contributed by atoms with van der Waals surface area (Å²) in [5, 5.41) is 4.79. The van der Waals surface area contributed by atoms with Gasteiger partial charge in [0.05, 0.1) is 16.0 Å². The van der Waals surface area contributed by atoms with Crippen molar-refractivity contribution in [3.05, 3.63) is 83.7 Å². The van der Waals surface area contributed by atoms with Gasteiger partial charge in [0.25, 0.3) is 27.7 Å². The van der Waals surface area contributed by atoms with Gasteiger partial charge in [-0.05, 0) is 48.5 Å². The molecule has 10 heteroatoms. The molecule has 0 fully saturated rings. The Kier molecular flexibility index (Phi) is 4.76. The second kappa shape index (κ2) is 7.41. The van der Waals surface area contributed by atoms with E-state index in [4.69, 9.17) is 0 Å². The summed E-state index contributed by atoms with van der Waals surface area (Å²) < 4.78 is 27.8. The van der Waals surface area contributed by atoms with Crippen LogP contribution in [-0.4, -0.2) is 31.1 Å². The molecule has 0 spiro atoms. The van der Waals surface area contributed by atoms with Crippen molar-refractivity contribution in [2.75, 3.05) is 10.0 Å². The summed E-state index contributed by atoms with van der Waals surface area (Å²) in [7, 11) is -4.06. The molecule has 3 aromatic rings. The molecule has 1 aromatic heterocycles. The lowest BCUT2D eigenvalue weighted by Gasteiger charge is -2.10. The second-order valence-corrected chi connectivity index (χ2v) is 8.05. The van der Waals surface area contributed by atoms with Gasteiger partial charge in [-0.15, -0.1) is 0 Å². The maximum absolute atomic E-state index is 12.7. The quantitative estimate of drug-likeness (QED) is 0.539. The van der Waals surface area contributed by atoms with Gasteiger partial charge in [0, 0.05) is 29.3 Å². The zero-order chi connectivity index (χ0) is 21.3. The number of hydrogen-bond donors (Lipinski definition) is 3. The van der Waals surface area contributed by atoms with Crippen LogP contribution in [0.25, 0.3) is 0 Å². The summed E-state index contributed by atoms with van der Waals surface area (Å²) in [5.41, 5.74) is 1.07. The van der Waals surface area contributed by atoms with Gasteiger partial charge in [0.1, 0.15) is 0 Å². The molecular formula is C20H14N4O5S. The molecule has 1 aliphatic heterocycles. The Morgan fingerprint density at radius 1 is 0.867 bits per heavy atom. The van der Waals surface area contributed by atoms with Crippen LogP contribution in [0.5, 0.6) is 0 Å². The van der Waals surface area contributed by atoms with Crippen molar-refractivity contribution in [3.8, 4) is 0 Å². The molecule has 0 bridgehead atoms. The Labute approximate surface area is 171 Å². The molecule has 9 nitrogen and oxygen atoms in total. The number of carbonyl (C=O) groups is 3. The standard InChI is InChI=1S/C20H14N4O5S/c25-18(22-13-6-8-21-9-7-13)12-2-1-3-14(10-12)24-30(28,29)15-4-5-16-17(11-15)20(27)23-19(16)26/h1-11,24H,(H,21,22,25)(H,23,26,27). The number of pyridine rings is 1. The summed E-state index contributed by atoms with van der Waals surface area (Å²) in [5.74, 6) is -1.64. The number of sulfonamides is 1. The van der Waals surface area contributed by atoms with Crippen molar-refractivity contribution in [2.24, 2.45) is 0 Å². The van der Waals surface area contributed by atoms with Gasteiger partial charge in [0.15, 0.2) is 0 Å². The third kappa shape index (κ3) is 3.76. The third-order valence-corrected chi connectivity index (χ3v) is 5.71. The molecule has 0 atom stereocenters. The highest BCUT2D eigenvalue weighted by Gasteiger charge is 2.28. The van der Waals surface area contributed by atoms with Gasteiger partial charge >= 0.3 is 0 Å². The number of anilines is 2. The van der Waals surface area contributed by atoms with Gasteiger partial charge in [-0.1, -0.05) is 6.07 Å². The van der Waals surface area contributed by atoms with E-state index < -0.39 is 27.7 Å². The van der Waals surface area contributed by atoms with Crippen molar-refractivity contribution in [3.63, 3.8) is 0 Å². The van der Waals surface area contributed by atoms with Gasteiger partial charge in [-0.2, -0.15) is 0 Å². The van der Waals surface area contributed by atoms with Gasteiger partial charge < -0.3 is 5.32 Å². The summed E-state index contributed by atoms with van der Waals surface area (Å²) >= 11 is 0. The van der Waals surface area contributed by atoms with Gasteiger partial charge in [0.2, 0.25) is 0 Å². The number of rotatable bonds is 5. The highest BCUT2D eigenvalue weighted by Crippen LogP contribution is 2.23. The van der Waals surface area contributed by atoms with E-state index in [2.05, 4.69) is 20.3 Å². The molecule has 0 unspecified atom stereocenters. The van der Waals surface area contributed by atoms with E-state index in [0.29, 0.717) is 5.69 Å². The van der Waals surface area contributed by atoms with Crippen molar-refractivity contribution < 1.29 is 22.8 Å². The first-order valence-corrected chi connectivity index (χ1v) is 10.2. The maximum atomic E-state index is 12.7. The third-order valence-electron chi connectivity index (χ3n) is 4.33. The van der Waals surface area contributed by atoms with Crippen LogP contribution in [0.4, 0.5) is 11.4 Å². The van der Waals surface area contributed by atoms with Crippen LogP contribution in [0.15, 0.2) is 71.9 Å². The molecule has 1 aliphatic rings. The fraction of sp³-hybridized carbons (Fsp3) is 0. The number of amides is 3. The van der Waals surface area contributed by atoms with Crippen LogP contribution in [-0.2, 0) is 10.0 Å². The summed E-state index contributed by atoms with van der Waals surface area (Å²) in [4.78, 5) is 39.5. The number of benzene rings is 2. The number of nitrogens with one attached hydrogen (secondary N) is 3. The lowest BCUT2D eigenvalue weighted by molar-refractivity contribution is 0.0878. The number of carbonyl (C=O) groups excluding carboxylic acids is 3. The normalized spacial score (nSPS) is 12.8. The summed E-state index contributed by atoms with van der Waals surface area (Å²) in [6, 6.07) is 12.9. The van der Waals surface area contributed by atoms with Crippen LogP contribution in [0.2, 0.25) is 0 Å². The SMILES string of the molecule is O=C(Nc1ccncc1)c1cccc(NS(=O)(=O)c2ccc3c(c2)C(=O)NC3=O)c1. The Hall–Kier alpha value is -4.05. The van der Waals surface area contributed by atoms with Crippen molar-refractivity contribution in [2.45, 2.75) is 4.90 Å². The molecule has 3 N–H and O–H groups in total. The lowest BCUT2D eigenvalue weighted by atomic mass is 10.1. The lowest BCUT2D eigenvalue weighted by Crippen LogP contribution is -2.20. The summed E-state index contributed by atoms with van der Waals surface area (Å²) in [6.45, 7) is 0. The molecule has 30 heavy (non-hydrogen) atoms. The summed E-state index contributed by atoms with van der Waals surface area (Å²) in [6.07, 6.45) is 3.06. The monoisotopic (exact) mass is 422 g/mol. The highest BCUT2D eigenvalue weighted by atomic mass is 32.2. The minimum Gasteiger partial charge on any atom is -0.322 e. The zero-order valence-electron chi connectivity index (χ0n) is 15.2. The predicted octanol–water partition coefficient (Wildman–Crippen LogP) is 2.02. The fourth-order valence-corrected chi connectivity index (χ4v) is 3.97. The first-order chi connectivity index (χ1) is 14.3. The first-order valence-electron chi connectivity index (χ1n) is 8.67. The molecule has 0 saturated heterocycles. The fourth-order valence-electron chi connectivity index (χ4n) is 2.89. The molecule has 3 amide bonds. The number of hydrogen-bond acceptors (Lipinski definition) is 6. The van der Waals surface area contributed by atoms with Crippen LogP contribution in [0.1, 0.15) is 31.1 Å². The van der Waals surface area contributed by atoms with Gasteiger partial charge in [-0.3, -0.25) is 29.4 Å². The molecule has 0 aliphatic carbocycles. The van der Waals surface area contributed by atoms with E-state index in [1.165, 1.54) is 42.7 Å². The van der Waals surface area contributed by atoms with E-state index in [-0.39, 0.29) is 27.3 Å². The van der Waals surface area contributed by atoms with Gasteiger partial charge in [-0.25, -0.2) is 8.42 Å². The van der Waals surface area contributed by atoms with Crippen molar-refractivity contribution in [1.82, 2.24) is 10.3 Å². The highest BCUT2D eigenvalue weighted by molar-refractivity contribution is 7.92. The van der Waals surface area contributed by atoms with Crippen molar-refractivity contribution in [1.29, 1.82) is 0 Å². The van der Waals surface area contributed by atoms with E-state index in [1.807, 2.05) is 0 Å². The number of fused-ring (bicyclic) bond motifs is 1. The van der Waals surface area contributed by atoms with Crippen LogP contribution in [0.3, 0.4) is 0 Å². The largest absolute Gasteiger partial charge is 0.322 e. The van der Waals surface area contributed by atoms with Crippen LogP contribution < -0.4 is 15.4 Å². The average Bonchev–Trinajstić information content (AvgIpc) is 3.02. The van der Waals surface area contributed by atoms with E-state index in [0.717, 1.165) is 6.07 Å². The van der Waals surface area contributed by atoms with E-state index >= 15 is 0 Å². The van der Waals surface area contributed by atoms with E-state index in [9.17, 15) is 22.8 Å². The molecule has 4 rings (SSSR count). The second-order valence-electron chi connectivity index (χ2n) is 6.37. The average molecular weight is 422 g/mol. The molecular weight excluding hydrogens is 408 g/mol. The van der Waals surface area contributed by atoms with Crippen LogP contribution in [0, 0.1) is 0 Å². The predicted molar refractivity (Wildman–Crippen MR) is 108 cm³/mol. The molecule has 150 valence electrons.